The summed E-state index contributed by atoms with van der Waals surface area (Å²) in [4.78, 5) is 13.7. The fourth-order valence-corrected chi connectivity index (χ4v) is 2.53. The van der Waals surface area contributed by atoms with Crippen LogP contribution in [0.4, 0.5) is 5.69 Å². The summed E-state index contributed by atoms with van der Waals surface area (Å²) in [5.41, 5.74) is 0.668. The molecule has 3 N–H and O–H groups in total. The molecule has 1 aromatic carbocycles. The number of sulfonamides is 1. The van der Waals surface area contributed by atoms with Crippen LogP contribution in [-0.4, -0.2) is 35.0 Å². The molecule has 0 radical (unpaired) electrons. The predicted octanol–water partition coefficient (Wildman–Crippen LogP) is 1.18. The van der Waals surface area contributed by atoms with E-state index in [0.717, 1.165) is 0 Å². The number of benzene rings is 1. The van der Waals surface area contributed by atoms with Crippen LogP contribution in [0, 0.1) is 5.41 Å². The number of nitrogens with two attached hydrogens (primary N) is 1. The molecule has 0 aliphatic carbocycles. The van der Waals surface area contributed by atoms with E-state index in [-0.39, 0.29) is 21.8 Å². The van der Waals surface area contributed by atoms with E-state index in [2.05, 4.69) is 5.32 Å². The summed E-state index contributed by atoms with van der Waals surface area (Å²) in [6.07, 6.45) is 0. The van der Waals surface area contributed by atoms with E-state index in [4.69, 9.17) is 5.14 Å². The van der Waals surface area contributed by atoms with Gasteiger partial charge in [0.1, 0.15) is 4.90 Å². The van der Waals surface area contributed by atoms with Crippen molar-refractivity contribution in [2.75, 3.05) is 25.5 Å². The van der Waals surface area contributed by atoms with Crippen molar-refractivity contribution >= 4 is 21.6 Å². The quantitative estimate of drug-likeness (QED) is 0.873. The minimum atomic E-state index is -3.90. The molecule has 0 bridgehead atoms. The summed E-state index contributed by atoms with van der Waals surface area (Å²) in [5, 5.41) is 8.00. The van der Waals surface area contributed by atoms with E-state index in [0.29, 0.717) is 12.2 Å². The van der Waals surface area contributed by atoms with Crippen molar-refractivity contribution in [2.45, 2.75) is 25.7 Å². The molecule has 1 amide bonds. The maximum atomic E-state index is 12.1. The number of amides is 1. The van der Waals surface area contributed by atoms with Crippen LogP contribution in [0.25, 0.3) is 0 Å². The van der Waals surface area contributed by atoms with E-state index < -0.39 is 10.0 Å². The van der Waals surface area contributed by atoms with Crippen LogP contribution in [0.1, 0.15) is 31.1 Å². The van der Waals surface area contributed by atoms with Crippen molar-refractivity contribution in [3.63, 3.8) is 0 Å². The molecule has 0 heterocycles. The number of nitrogens with one attached hydrogen (secondary N) is 1. The molecule has 0 unspecified atom stereocenters. The lowest BCUT2D eigenvalue weighted by Crippen LogP contribution is -2.32. The molecule has 1 aromatic rings. The van der Waals surface area contributed by atoms with Gasteiger partial charge in [-0.15, -0.1) is 0 Å². The first-order valence-corrected chi connectivity index (χ1v) is 8.09. The Balaban J connectivity index is 3.15. The van der Waals surface area contributed by atoms with Gasteiger partial charge in [-0.1, -0.05) is 20.8 Å². The molecule has 7 heteroatoms. The lowest BCUT2D eigenvalue weighted by atomic mass is 9.97. The Kier molecular flexibility index (Phi) is 5.01. The van der Waals surface area contributed by atoms with Gasteiger partial charge in [0.15, 0.2) is 0 Å². The number of carbonyl (C=O) groups is 1. The lowest BCUT2D eigenvalue weighted by Gasteiger charge is -2.20. The van der Waals surface area contributed by atoms with Gasteiger partial charge in [0, 0.05) is 26.2 Å². The summed E-state index contributed by atoms with van der Waals surface area (Å²) in [6.45, 7) is 6.49. The van der Waals surface area contributed by atoms with Gasteiger partial charge in [-0.3, -0.25) is 4.79 Å². The number of primary sulfonamides is 1. The maximum absolute atomic E-state index is 12.1. The fraction of sp³-hybridized carbons (Fsp3) is 0.500. The van der Waals surface area contributed by atoms with Crippen LogP contribution in [0.3, 0.4) is 0 Å². The summed E-state index contributed by atoms with van der Waals surface area (Å²) in [7, 11) is -0.476. The van der Waals surface area contributed by atoms with Gasteiger partial charge in [-0.2, -0.15) is 0 Å². The van der Waals surface area contributed by atoms with Crippen molar-refractivity contribution in [3.8, 4) is 0 Å². The van der Waals surface area contributed by atoms with Crippen LogP contribution in [0.2, 0.25) is 0 Å². The first-order valence-electron chi connectivity index (χ1n) is 6.54. The molecule has 0 saturated heterocycles. The van der Waals surface area contributed by atoms with E-state index in [1.54, 1.807) is 31.1 Å². The normalized spacial score (nSPS) is 12.1. The zero-order chi connectivity index (χ0) is 16.4. The number of anilines is 1. The number of hydrogen-bond acceptors (Lipinski definition) is 4. The van der Waals surface area contributed by atoms with Crippen molar-refractivity contribution in [2.24, 2.45) is 10.6 Å². The molecule has 0 aromatic heterocycles. The van der Waals surface area contributed by atoms with Gasteiger partial charge in [0.2, 0.25) is 10.0 Å². The van der Waals surface area contributed by atoms with Crippen LogP contribution < -0.4 is 15.4 Å². The molecular formula is C14H23N3O3S. The highest BCUT2D eigenvalue weighted by Gasteiger charge is 2.19. The van der Waals surface area contributed by atoms with Gasteiger partial charge in [-0.05, 0) is 23.6 Å². The zero-order valence-corrected chi connectivity index (χ0v) is 13.9. The lowest BCUT2D eigenvalue weighted by molar-refractivity contribution is 0.0939. The van der Waals surface area contributed by atoms with Gasteiger partial charge < -0.3 is 10.2 Å². The second-order valence-electron chi connectivity index (χ2n) is 6.37. The third kappa shape index (κ3) is 5.02. The Hall–Kier alpha value is -1.60. The maximum Gasteiger partial charge on any atom is 0.251 e. The standard InChI is InChI=1S/C14H23N3O3S/c1-14(2,3)9-16-13(18)10-6-7-11(17(4)5)12(8-10)21(15,19)20/h6-8H,9H2,1-5H3,(H,16,18)(H2,15,19,20). The van der Waals surface area contributed by atoms with Crippen molar-refractivity contribution in [3.05, 3.63) is 23.8 Å². The van der Waals surface area contributed by atoms with Crippen molar-refractivity contribution < 1.29 is 13.2 Å². The molecule has 1 rings (SSSR count). The Morgan fingerprint density at radius 1 is 1.29 bits per heavy atom. The molecule has 0 spiro atoms. The smallest absolute Gasteiger partial charge is 0.251 e. The highest BCUT2D eigenvalue weighted by Crippen LogP contribution is 2.24. The molecule has 21 heavy (non-hydrogen) atoms. The molecule has 118 valence electrons. The first kappa shape index (κ1) is 17.5. The number of rotatable bonds is 4. The molecule has 0 fully saturated rings. The molecule has 0 aliphatic rings. The van der Waals surface area contributed by atoms with Crippen molar-refractivity contribution in [1.82, 2.24) is 5.32 Å². The van der Waals surface area contributed by atoms with Crippen LogP contribution in [-0.2, 0) is 10.0 Å². The second kappa shape index (κ2) is 6.03. The monoisotopic (exact) mass is 313 g/mol. The Labute approximate surface area is 126 Å². The topological polar surface area (TPSA) is 92.5 Å². The van der Waals surface area contributed by atoms with Gasteiger partial charge >= 0.3 is 0 Å². The average Bonchev–Trinajstić information content (AvgIpc) is 2.33. The molecular weight excluding hydrogens is 290 g/mol. The van der Waals surface area contributed by atoms with E-state index in [1.807, 2.05) is 20.8 Å². The Bertz CT molecular complexity index is 631. The third-order valence-corrected chi connectivity index (χ3v) is 3.73. The first-order chi connectivity index (χ1) is 9.42. The summed E-state index contributed by atoms with van der Waals surface area (Å²) in [5.74, 6) is -0.319. The number of hydrogen-bond donors (Lipinski definition) is 2. The minimum absolute atomic E-state index is 0.0536. The highest BCUT2D eigenvalue weighted by molar-refractivity contribution is 7.89. The minimum Gasteiger partial charge on any atom is -0.377 e. The third-order valence-electron chi connectivity index (χ3n) is 2.79. The predicted molar refractivity (Wildman–Crippen MR) is 83.9 cm³/mol. The van der Waals surface area contributed by atoms with Crippen LogP contribution in [0.5, 0.6) is 0 Å². The summed E-state index contributed by atoms with van der Waals surface area (Å²) >= 11 is 0. The Morgan fingerprint density at radius 3 is 2.29 bits per heavy atom. The molecule has 0 saturated carbocycles. The largest absolute Gasteiger partial charge is 0.377 e. The average molecular weight is 313 g/mol. The Morgan fingerprint density at radius 2 is 1.86 bits per heavy atom. The SMILES string of the molecule is CN(C)c1ccc(C(=O)NCC(C)(C)C)cc1S(N)(=O)=O. The molecule has 0 atom stereocenters. The number of carbonyl (C=O) groups excluding carboxylic acids is 1. The van der Waals surface area contributed by atoms with Crippen molar-refractivity contribution in [1.29, 1.82) is 0 Å². The van der Waals surface area contributed by atoms with E-state index in [1.165, 1.54) is 6.07 Å². The highest BCUT2D eigenvalue weighted by atomic mass is 32.2. The van der Waals surface area contributed by atoms with Crippen LogP contribution >= 0.6 is 0 Å². The molecule has 0 aliphatic heterocycles. The van der Waals surface area contributed by atoms with Gasteiger partial charge in [0.05, 0.1) is 5.69 Å². The van der Waals surface area contributed by atoms with E-state index in [9.17, 15) is 13.2 Å². The van der Waals surface area contributed by atoms with E-state index >= 15 is 0 Å². The van der Waals surface area contributed by atoms with Crippen LogP contribution in [0.15, 0.2) is 23.1 Å². The zero-order valence-electron chi connectivity index (χ0n) is 13.1. The number of nitrogens with zero attached hydrogens (tertiary/aromatic N) is 1. The second-order valence-corrected chi connectivity index (χ2v) is 7.90. The fourth-order valence-electron chi connectivity index (χ4n) is 1.70. The van der Waals surface area contributed by atoms with Gasteiger partial charge in [-0.25, -0.2) is 13.6 Å². The van der Waals surface area contributed by atoms with Gasteiger partial charge in [0.25, 0.3) is 5.91 Å². The summed E-state index contributed by atoms with van der Waals surface area (Å²) in [6, 6.07) is 4.47. The summed E-state index contributed by atoms with van der Waals surface area (Å²) < 4.78 is 23.3. The molecule has 6 nitrogen and oxygen atoms in total.